The molecule has 0 fully saturated rings. The van der Waals surface area contributed by atoms with Crippen LogP contribution < -0.4 is 11.1 Å². The molecule has 0 spiro atoms. The molecule has 0 heterocycles. The summed E-state index contributed by atoms with van der Waals surface area (Å²) in [5.74, 6) is -0.228. The average molecular weight is 196 g/mol. The second kappa shape index (κ2) is 5.60. The zero-order valence-corrected chi connectivity index (χ0v) is 8.52. The van der Waals surface area contributed by atoms with Gasteiger partial charge in [0.05, 0.1) is 0 Å². The van der Waals surface area contributed by atoms with Crippen molar-refractivity contribution in [3.8, 4) is 0 Å². The average Bonchev–Trinajstić information content (AvgIpc) is 2.15. The summed E-state index contributed by atoms with van der Waals surface area (Å²) < 4.78 is 13.2. The van der Waals surface area contributed by atoms with Crippen molar-refractivity contribution in [2.75, 3.05) is 12.3 Å². The maximum absolute atomic E-state index is 13.2. The lowest BCUT2D eigenvalue weighted by atomic mass is 10.2. The first-order valence-electron chi connectivity index (χ1n) is 4.98. The summed E-state index contributed by atoms with van der Waals surface area (Å²) in [6.45, 7) is 3.64. The van der Waals surface area contributed by atoms with Crippen LogP contribution in [0.3, 0.4) is 0 Å². The van der Waals surface area contributed by atoms with Crippen LogP contribution >= 0.6 is 0 Å². The largest absolute Gasteiger partial charge is 0.399 e. The number of hydrogen-bond acceptors (Lipinski definition) is 2. The van der Waals surface area contributed by atoms with Gasteiger partial charge < -0.3 is 11.1 Å². The van der Waals surface area contributed by atoms with E-state index < -0.39 is 0 Å². The van der Waals surface area contributed by atoms with E-state index in [4.69, 9.17) is 5.73 Å². The predicted molar refractivity (Wildman–Crippen MR) is 57.4 cm³/mol. The third-order valence-corrected chi connectivity index (χ3v) is 2.10. The van der Waals surface area contributed by atoms with Gasteiger partial charge in [0.15, 0.2) is 0 Å². The van der Waals surface area contributed by atoms with E-state index in [0.717, 1.165) is 19.4 Å². The van der Waals surface area contributed by atoms with Crippen LogP contribution in [0.5, 0.6) is 0 Å². The molecule has 3 N–H and O–H groups in total. The Morgan fingerprint density at radius 3 is 2.86 bits per heavy atom. The normalized spacial score (nSPS) is 10.4. The molecule has 0 aliphatic carbocycles. The van der Waals surface area contributed by atoms with Crippen LogP contribution in [-0.2, 0) is 6.54 Å². The van der Waals surface area contributed by atoms with Crippen LogP contribution in [0.25, 0.3) is 0 Å². The lowest BCUT2D eigenvalue weighted by Crippen LogP contribution is -2.15. The zero-order chi connectivity index (χ0) is 10.4. The first-order valence-corrected chi connectivity index (χ1v) is 4.98. The Bertz CT molecular complexity index is 287. The highest BCUT2D eigenvalue weighted by Crippen LogP contribution is 2.11. The first kappa shape index (κ1) is 11.0. The number of unbranched alkanes of at least 4 members (excludes halogenated alkanes) is 1. The Balaban J connectivity index is 2.42. The molecule has 0 saturated heterocycles. The van der Waals surface area contributed by atoms with E-state index in [1.807, 2.05) is 0 Å². The standard InChI is InChI=1S/C11H17FN2/c1-2-3-6-14-8-9-4-5-10(13)7-11(9)12/h4-5,7,14H,2-3,6,8,13H2,1H3. The maximum Gasteiger partial charge on any atom is 0.129 e. The van der Waals surface area contributed by atoms with Gasteiger partial charge in [0.25, 0.3) is 0 Å². The molecular formula is C11H17FN2. The van der Waals surface area contributed by atoms with Gasteiger partial charge in [0.2, 0.25) is 0 Å². The van der Waals surface area contributed by atoms with E-state index >= 15 is 0 Å². The van der Waals surface area contributed by atoms with Gasteiger partial charge in [-0.2, -0.15) is 0 Å². The fourth-order valence-corrected chi connectivity index (χ4v) is 1.23. The molecule has 0 amide bonds. The van der Waals surface area contributed by atoms with E-state index in [0.29, 0.717) is 17.8 Å². The molecule has 2 nitrogen and oxygen atoms in total. The minimum absolute atomic E-state index is 0.228. The molecule has 0 saturated carbocycles. The van der Waals surface area contributed by atoms with Crippen molar-refractivity contribution in [1.29, 1.82) is 0 Å². The molecule has 0 aromatic heterocycles. The van der Waals surface area contributed by atoms with Crippen LogP contribution in [0.4, 0.5) is 10.1 Å². The van der Waals surface area contributed by atoms with Crippen LogP contribution in [-0.4, -0.2) is 6.54 Å². The zero-order valence-electron chi connectivity index (χ0n) is 8.52. The van der Waals surface area contributed by atoms with Crippen molar-refractivity contribution in [2.45, 2.75) is 26.3 Å². The van der Waals surface area contributed by atoms with Gasteiger partial charge in [-0.25, -0.2) is 4.39 Å². The van der Waals surface area contributed by atoms with Crippen molar-refractivity contribution < 1.29 is 4.39 Å². The molecule has 3 heteroatoms. The highest BCUT2D eigenvalue weighted by atomic mass is 19.1. The van der Waals surface area contributed by atoms with Crippen LogP contribution in [0.15, 0.2) is 18.2 Å². The molecule has 78 valence electrons. The maximum atomic E-state index is 13.2. The summed E-state index contributed by atoms with van der Waals surface area (Å²) in [7, 11) is 0. The SMILES string of the molecule is CCCCNCc1ccc(N)cc1F. The van der Waals surface area contributed by atoms with Gasteiger partial charge in [-0.3, -0.25) is 0 Å². The molecule has 1 rings (SSSR count). The molecule has 0 aliphatic rings. The number of anilines is 1. The fourth-order valence-electron chi connectivity index (χ4n) is 1.23. The Hall–Kier alpha value is -1.09. The second-order valence-corrected chi connectivity index (χ2v) is 3.38. The summed E-state index contributed by atoms with van der Waals surface area (Å²) in [6, 6.07) is 4.81. The molecular weight excluding hydrogens is 179 g/mol. The van der Waals surface area contributed by atoms with E-state index in [-0.39, 0.29) is 5.82 Å². The van der Waals surface area contributed by atoms with E-state index in [1.165, 1.54) is 6.07 Å². The van der Waals surface area contributed by atoms with Crippen molar-refractivity contribution >= 4 is 5.69 Å². The number of nitrogens with one attached hydrogen (secondary N) is 1. The lowest BCUT2D eigenvalue weighted by Gasteiger charge is -2.05. The highest BCUT2D eigenvalue weighted by molar-refractivity contribution is 5.40. The monoisotopic (exact) mass is 196 g/mol. The fraction of sp³-hybridized carbons (Fsp3) is 0.455. The predicted octanol–water partition coefficient (Wildman–Crippen LogP) is 2.30. The molecule has 14 heavy (non-hydrogen) atoms. The molecule has 0 radical (unpaired) electrons. The molecule has 0 bridgehead atoms. The summed E-state index contributed by atoms with van der Waals surface area (Å²) in [6.07, 6.45) is 2.27. The summed E-state index contributed by atoms with van der Waals surface area (Å²) >= 11 is 0. The number of halogens is 1. The summed E-state index contributed by atoms with van der Waals surface area (Å²) in [5, 5.41) is 3.18. The van der Waals surface area contributed by atoms with Crippen LogP contribution in [0, 0.1) is 5.82 Å². The van der Waals surface area contributed by atoms with E-state index in [2.05, 4.69) is 12.2 Å². The van der Waals surface area contributed by atoms with Gasteiger partial charge in [-0.1, -0.05) is 19.4 Å². The number of benzene rings is 1. The van der Waals surface area contributed by atoms with Crippen molar-refractivity contribution in [3.63, 3.8) is 0 Å². The lowest BCUT2D eigenvalue weighted by molar-refractivity contribution is 0.580. The molecule has 1 aromatic rings. The Morgan fingerprint density at radius 2 is 2.21 bits per heavy atom. The highest BCUT2D eigenvalue weighted by Gasteiger charge is 2.00. The number of nitrogen functional groups attached to an aromatic ring is 1. The second-order valence-electron chi connectivity index (χ2n) is 3.38. The minimum Gasteiger partial charge on any atom is -0.399 e. The summed E-state index contributed by atoms with van der Waals surface area (Å²) in [5.41, 5.74) is 6.59. The Labute approximate surface area is 84.3 Å². The van der Waals surface area contributed by atoms with Crippen LogP contribution in [0.1, 0.15) is 25.3 Å². The van der Waals surface area contributed by atoms with Gasteiger partial charge in [0, 0.05) is 17.8 Å². The Kier molecular flexibility index (Phi) is 4.40. The number of nitrogens with two attached hydrogens (primary N) is 1. The third kappa shape index (κ3) is 3.34. The minimum atomic E-state index is -0.228. The molecule has 1 aromatic carbocycles. The smallest absolute Gasteiger partial charge is 0.129 e. The quantitative estimate of drug-likeness (QED) is 0.560. The molecule has 0 atom stereocenters. The topological polar surface area (TPSA) is 38.0 Å². The first-order chi connectivity index (χ1) is 6.74. The number of rotatable bonds is 5. The number of hydrogen-bond donors (Lipinski definition) is 2. The van der Waals surface area contributed by atoms with E-state index in [1.54, 1.807) is 12.1 Å². The van der Waals surface area contributed by atoms with Gasteiger partial charge >= 0.3 is 0 Å². The van der Waals surface area contributed by atoms with Crippen molar-refractivity contribution in [2.24, 2.45) is 0 Å². The van der Waals surface area contributed by atoms with Crippen molar-refractivity contribution in [1.82, 2.24) is 5.32 Å². The third-order valence-electron chi connectivity index (χ3n) is 2.10. The van der Waals surface area contributed by atoms with E-state index in [9.17, 15) is 4.39 Å². The van der Waals surface area contributed by atoms with Crippen molar-refractivity contribution in [3.05, 3.63) is 29.6 Å². The molecule has 0 unspecified atom stereocenters. The van der Waals surface area contributed by atoms with Crippen LogP contribution in [0.2, 0.25) is 0 Å². The molecule has 0 aliphatic heterocycles. The summed E-state index contributed by atoms with van der Waals surface area (Å²) in [4.78, 5) is 0. The van der Waals surface area contributed by atoms with Gasteiger partial charge in [-0.15, -0.1) is 0 Å². The Morgan fingerprint density at radius 1 is 1.43 bits per heavy atom. The van der Waals surface area contributed by atoms with Gasteiger partial charge in [-0.05, 0) is 25.1 Å². The van der Waals surface area contributed by atoms with Gasteiger partial charge in [0.1, 0.15) is 5.82 Å².